The van der Waals surface area contributed by atoms with Crippen molar-refractivity contribution < 1.29 is 9.84 Å². The fourth-order valence-corrected chi connectivity index (χ4v) is 2.89. The number of rotatable bonds is 5. The summed E-state index contributed by atoms with van der Waals surface area (Å²) in [6.07, 6.45) is -0.433. The second-order valence-electron chi connectivity index (χ2n) is 3.20. The van der Waals surface area contributed by atoms with Gasteiger partial charge in [0.1, 0.15) is 0 Å². The van der Waals surface area contributed by atoms with Crippen LogP contribution < -0.4 is 0 Å². The molecular formula is C11H15BrO2S. The van der Waals surface area contributed by atoms with Crippen LogP contribution in [0.4, 0.5) is 0 Å². The highest BCUT2D eigenvalue weighted by molar-refractivity contribution is 9.10. The molecule has 15 heavy (non-hydrogen) atoms. The zero-order valence-electron chi connectivity index (χ0n) is 8.87. The van der Waals surface area contributed by atoms with Gasteiger partial charge in [0.25, 0.3) is 0 Å². The number of ether oxygens (including phenoxy) is 1. The van der Waals surface area contributed by atoms with Crippen LogP contribution in [0.5, 0.6) is 0 Å². The molecule has 0 aliphatic heterocycles. The largest absolute Gasteiger partial charge is 0.389 e. The minimum absolute atomic E-state index is 0.433. The van der Waals surface area contributed by atoms with Crippen molar-refractivity contribution in [3.63, 3.8) is 0 Å². The lowest BCUT2D eigenvalue weighted by Crippen LogP contribution is -1.94. The lowest BCUT2D eigenvalue weighted by atomic mass is 10.1. The van der Waals surface area contributed by atoms with Crippen molar-refractivity contribution in [2.24, 2.45) is 0 Å². The van der Waals surface area contributed by atoms with Crippen molar-refractivity contribution >= 4 is 27.7 Å². The highest BCUT2D eigenvalue weighted by atomic mass is 79.9. The molecule has 0 aromatic heterocycles. The molecule has 1 unspecified atom stereocenters. The van der Waals surface area contributed by atoms with E-state index >= 15 is 0 Å². The van der Waals surface area contributed by atoms with E-state index in [1.165, 1.54) is 4.90 Å². The summed E-state index contributed by atoms with van der Waals surface area (Å²) < 4.78 is 5.94. The Morgan fingerprint density at radius 2 is 2.27 bits per heavy atom. The predicted molar refractivity (Wildman–Crippen MR) is 67.4 cm³/mol. The Hall–Kier alpha value is -0.0300. The van der Waals surface area contributed by atoms with E-state index in [2.05, 4.69) is 15.9 Å². The van der Waals surface area contributed by atoms with Crippen LogP contribution in [0.25, 0.3) is 0 Å². The maximum Gasteiger partial charge on any atom is 0.0772 e. The maximum atomic E-state index is 9.45. The van der Waals surface area contributed by atoms with E-state index in [9.17, 15) is 5.11 Å². The first-order chi connectivity index (χ1) is 7.15. The number of thioether (sulfide) groups is 1. The van der Waals surface area contributed by atoms with Crippen LogP contribution >= 0.6 is 27.7 Å². The molecule has 1 N–H and O–H groups in total. The van der Waals surface area contributed by atoms with E-state index in [4.69, 9.17) is 4.74 Å². The normalized spacial score (nSPS) is 12.8. The molecule has 0 aliphatic carbocycles. The van der Waals surface area contributed by atoms with Crippen LogP contribution in [0.2, 0.25) is 0 Å². The Balaban J connectivity index is 2.65. The summed E-state index contributed by atoms with van der Waals surface area (Å²) in [4.78, 5) is 1.18. The third-order valence-corrected chi connectivity index (χ3v) is 3.62. The molecule has 1 rings (SSSR count). The number of benzene rings is 1. The van der Waals surface area contributed by atoms with Gasteiger partial charge >= 0.3 is 0 Å². The number of aliphatic hydroxyl groups excluding tert-OH is 1. The molecule has 84 valence electrons. The van der Waals surface area contributed by atoms with Crippen molar-refractivity contribution in [3.8, 4) is 0 Å². The Bertz CT molecular complexity index is 315. The molecule has 0 bridgehead atoms. The molecule has 0 spiro atoms. The summed E-state index contributed by atoms with van der Waals surface area (Å²) in [5.74, 6) is 0.941. The van der Waals surface area contributed by atoms with Crippen LogP contribution in [0.15, 0.2) is 27.6 Å². The average Bonchev–Trinajstić information content (AvgIpc) is 2.17. The Kier molecular flexibility index (Phi) is 5.68. The smallest absolute Gasteiger partial charge is 0.0772 e. The average molecular weight is 291 g/mol. The third-order valence-electron chi connectivity index (χ3n) is 1.98. The molecule has 0 heterocycles. The van der Waals surface area contributed by atoms with Crippen LogP contribution in [-0.4, -0.2) is 24.6 Å². The van der Waals surface area contributed by atoms with Crippen molar-refractivity contribution in [1.29, 1.82) is 0 Å². The highest BCUT2D eigenvalue weighted by Gasteiger charge is 2.06. The van der Waals surface area contributed by atoms with E-state index in [1.54, 1.807) is 25.8 Å². The van der Waals surface area contributed by atoms with E-state index in [0.29, 0.717) is 0 Å². The molecule has 0 amide bonds. The van der Waals surface area contributed by atoms with Crippen LogP contribution in [0.1, 0.15) is 18.6 Å². The van der Waals surface area contributed by atoms with Crippen LogP contribution in [0.3, 0.4) is 0 Å². The molecule has 0 fully saturated rings. The number of hydrogen-bond acceptors (Lipinski definition) is 3. The van der Waals surface area contributed by atoms with E-state index in [0.717, 1.165) is 22.4 Å². The van der Waals surface area contributed by atoms with Gasteiger partial charge in [-0.25, -0.2) is 0 Å². The summed E-state index contributed by atoms with van der Waals surface area (Å²) in [7, 11) is 1.70. The molecular weight excluding hydrogens is 276 g/mol. The van der Waals surface area contributed by atoms with Gasteiger partial charge in [-0.05, 0) is 24.6 Å². The Morgan fingerprint density at radius 1 is 1.53 bits per heavy atom. The minimum Gasteiger partial charge on any atom is -0.389 e. The minimum atomic E-state index is -0.433. The second kappa shape index (κ2) is 6.53. The first-order valence-electron chi connectivity index (χ1n) is 4.74. The summed E-state index contributed by atoms with van der Waals surface area (Å²) in [5, 5.41) is 9.45. The molecule has 1 aromatic rings. The van der Waals surface area contributed by atoms with E-state index in [1.807, 2.05) is 18.2 Å². The number of aliphatic hydroxyl groups is 1. The molecule has 2 nitrogen and oxygen atoms in total. The first-order valence-corrected chi connectivity index (χ1v) is 6.52. The molecule has 0 saturated heterocycles. The van der Waals surface area contributed by atoms with Gasteiger partial charge in [-0.2, -0.15) is 0 Å². The fraction of sp³-hybridized carbons (Fsp3) is 0.455. The monoisotopic (exact) mass is 290 g/mol. The van der Waals surface area contributed by atoms with Crippen molar-refractivity contribution in [3.05, 3.63) is 28.2 Å². The van der Waals surface area contributed by atoms with Gasteiger partial charge in [-0.3, -0.25) is 0 Å². The zero-order valence-corrected chi connectivity index (χ0v) is 11.3. The second-order valence-corrected chi connectivity index (χ2v) is 5.22. The lowest BCUT2D eigenvalue weighted by molar-refractivity contribution is 0.198. The standard InChI is InChI=1S/C11H15BrO2S/c1-8(13)10-4-3-9(7-11(10)12)15-6-5-14-2/h3-4,7-8,13H,5-6H2,1-2H3. The topological polar surface area (TPSA) is 29.5 Å². The summed E-state index contributed by atoms with van der Waals surface area (Å²) in [5.41, 5.74) is 0.922. The van der Waals surface area contributed by atoms with Gasteiger partial charge in [0, 0.05) is 22.2 Å². The molecule has 0 aliphatic rings. The molecule has 4 heteroatoms. The molecule has 1 atom stereocenters. The van der Waals surface area contributed by atoms with E-state index in [-0.39, 0.29) is 0 Å². The van der Waals surface area contributed by atoms with Gasteiger partial charge in [0.2, 0.25) is 0 Å². The number of halogens is 1. The quantitative estimate of drug-likeness (QED) is 0.667. The SMILES string of the molecule is COCCSc1ccc(C(C)O)c(Br)c1. The van der Waals surface area contributed by atoms with Gasteiger partial charge in [0.05, 0.1) is 12.7 Å². The van der Waals surface area contributed by atoms with Gasteiger partial charge < -0.3 is 9.84 Å². The molecule has 0 saturated carbocycles. The van der Waals surface area contributed by atoms with Gasteiger partial charge in [-0.1, -0.05) is 22.0 Å². The molecule has 1 aromatic carbocycles. The summed E-state index contributed by atoms with van der Waals surface area (Å²) in [6, 6.07) is 6.00. The summed E-state index contributed by atoms with van der Waals surface area (Å²) >= 11 is 5.20. The zero-order chi connectivity index (χ0) is 11.3. The van der Waals surface area contributed by atoms with Gasteiger partial charge in [0.15, 0.2) is 0 Å². The number of methoxy groups -OCH3 is 1. The third kappa shape index (κ3) is 4.15. The highest BCUT2D eigenvalue weighted by Crippen LogP contribution is 2.28. The lowest BCUT2D eigenvalue weighted by Gasteiger charge is -2.09. The molecule has 0 radical (unpaired) electrons. The maximum absolute atomic E-state index is 9.45. The van der Waals surface area contributed by atoms with Crippen molar-refractivity contribution in [2.75, 3.05) is 19.5 Å². The number of hydrogen-bond donors (Lipinski definition) is 1. The first kappa shape index (κ1) is 13.0. The fourth-order valence-electron chi connectivity index (χ4n) is 1.18. The van der Waals surface area contributed by atoms with Crippen LogP contribution in [0, 0.1) is 0 Å². The van der Waals surface area contributed by atoms with Crippen molar-refractivity contribution in [1.82, 2.24) is 0 Å². The Labute approximate surface area is 103 Å². The van der Waals surface area contributed by atoms with Crippen molar-refractivity contribution in [2.45, 2.75) is 17.9 Å². The Morgan fingerprint density at radius 3 is 2.80 bits per heavy atom. The van der Waals surface area contributed by atoms with E-state index < -0.39 is 6.10 Å². The predicted octanol–water partition coefficient (Wildman–Crippen LogP) is 3.24. The van der Waals surface area contributed by atoms with Crippen LogP contribution in [-0.2, 0) is 4.74 Å². The van der Waals surface area contributed by atoms with Gasteiger partial charge in [-0.15, -0.1) is 11.8 Å². The summed E-state index contributed by atoms with van der Waals surface area (Å²) in [6.45, 7) is 2.51.